The van der Waals surface area contributed by atoms with Gasteiger partial charge in [0.15, 0.2) is 5.82 Å². The lowest BCUT2D eigenvalue weighted by Gasteiger charge is -2.11. The fourth-order valence-electron chi connectivity index (χ4n) is 8.12. The molecule has 8 aromatic carbocycles. The van der Waals surface area contributed by atoms with E-state index in [-0.39, 0.29) is 0 Å². The maximum Gasteiger partial charge on any atom is 0.160 e. The molecule has 11 aromatic rings. The van der Waals surface area contributed by atoms with Gasteiger partial charge in [0.05, 0.1) is 22.4 Å². The maximum atomic E-state index is 6.43. The monoisotopic (exact) mass is 715 g/mol. The molecule has 0 saturated heterocycles. The minimum atomic E-state index is 0.703. The molecule has 262 valence electrons. The van der Waals surface area contributed by atoms with Crippen LogP contribution in [0.3, 0.4) is 0 Å². The highest BCUT2D eigenvalue weighted by molar-refractivity contribution is 6.11. The van der Waals surface area contributed by atoms with Crippen molar-refractivity contribution in [2.45, 2.75) is 0 Å². The normalized spacial score (nSPS) is 11.6. The third-order valence-electron chi connectivity index (χ3n) is 10.8. The molecule has 0 radical (unpaired) electrons. The number of nitrogens with zero attached hydrogens (tertiary/aromatic N) is 3. The quantitative estimate of drug-likeness (QED) is 0.172. The minimum Gasteiger partial charge on any atom is -0.455 e. The Morgan fingerprint density at radius 3 is 1.71 bits per heavy atom. The van der Waals surface area contributed by atoms with Gasteiger partial charge in [-0.15, -0.1) is 0 Å². The number of rotatable bonds is 6. The highest BCUT2D eigenvalue weighted by Gasteiger charge is 2.17. The lowest BCUT2D eigenvalue weighted by molar-refractivity contribution is 0.670. The van der Waals surface area contributed by atoms with E-state index in [0.29, 0.717) is 5.82 Å². The summed E-state index contributed by atoms with van der Waals surface area (Å²) in [7, 11) is 0. The Morgan fingerprint density at radius 1 is 0.357 bits per heavy atom. The predicted octanol–water partition coefficient (Wildman–Crippen LogP) is 13.8. The average Bonchev–Trinajstić information content (AvgIpc) is 3.83. The largest absolute Gasteiger partial charge is 0.455 e. The van der Waals surface area contributed by atoms with Crippen LogP contribution in [0.1, 0.15) is 0 Å². The van der Waals surface area contributed by atoms with Gasteiger partial charge in [0, 0.05) is 49.5 Å². The van der Waals surface area contributed by atoms with Gasteiger partial charge in [-0.3, -0.25) is 0 Å². The second kappa shape index (κ2) is 13.1. The SMILES string of the molecule is c1ccc(-c2cc(-c3ccccc3)nc(-c3ccc(-c4ccc5c(c4)c4ccccc4n5-c4cccc(-c5cccc6c5oc5ccccc56)c4)cc3)n2)cc1. The summed E-state index contributed by atoms with van der Waals surface area (Å²) in [5, 5.41) is 4.69. The summed E-state index contributed by atoms with van der Waals surface area (Å²) >= 11 is 0. The highest BCUT2D eigenvalue weighted by atomic mass is 16.3. The van der Waals surface area contributed by atoms with Gasteiger partial charge >= 0.3 is 0 Å². The third-order valence-corrected chi connectivity index (χ3v) is 10.8. The van der Waals surface area contributed by atoms with E-state index in [1.807, 2.05) is 48.5 Å². The summed E-state index contributed by atoms with van der Waals surface area (Å²) in [6, 6.07) is 70.3. The smallest absolute Gasteiger partial charge is 0.160 e. The van der Waals surface area contributed by atoms with Crippen molar-refractivity contribution < 1.29 is 4.42 Å². The van der Waals surface area contributed by atoms with E-state index in [1.54, 1.807) is 0 Å². The van der Waals surface area contributed by atoms with E-state index in [2.05, 4.69) is 156 Å². The van der Waals surface area contributed by atoms with Crippen LogP contribution < -0.4 is 0 Å². The van der Waals surface area contributed by atoms with Gasteiger partial charge in [0.2, 0.25) is 0 Å². The second-order valence-electron chi connectivity index (χ2n) is 14.2. The van der Waals surface area contributed by atoms with E-state index in [1.165, 1.54) is 16.3 Å². The number of furan rings is 1. The van der Waals surface area contributed by atoms with Crippen LogP contribution in [0.15, 0.2) is 205 Å². The molecule has 0 fully saturated rings. The third kappa shape index (κ3) is 5.39. The number of aromatic nitrogens is 3. The number of para-hydroxylation sites is 3. The van der Waals surface area contributed by atoms with Crippen LogP contribution in [0, 0.1) is 0 Å². The molecule has 0 N–H and O–H groups in total. The van der Waals surface area contributed by atoms with Crippen LogP contribution >= 0.6 is 0 Å². The second-order valence-corrected chi connectivity index (χ2v) is 14.2. The first-order chi connectivity index (χ1) is 27.7. The highest BCUT2D eigenvalue weighted by Crippen LogP contribution is 2.39. The Bertz CT molecular complexity index is 3170. The van der Waals surface area contributed by atoms with Crippen molar-refractivity contribution in [1.29, 1.82) is 0 Å². The Labute approximate surface area is 323 Å². The number of hydrogen-bond donors (Lipinski definition) is 0. The Hall–Kier alpha value is -7.56. The van der Waals surface area contributed by atoms with Crippen molar-refractivity contribution in [3.05, 3.63) is 200 Å². The lowest BCUT2D eigenvalue weighted by atomic mass is 10.0. The van der Waals surface area contributed by atoms with Gasteiger partial charge < -0.3 is 8.98 Å². The predicted molar refractivity (Wildman–Crippen MR) is 231 cm³/mol. The first kappa shape index (κ1) is 31.9. The molecular weight excluding hydrogens is 683 g/mol. The van der Waals surface area contributed by atoms with Crippen LogP contribution in [0.5, 0.6) is 0 Å². The van der Waals surface area contributed by atoms with E-state index < -0.39 is 0 Å². The molecule has 0 aliphatic rings. The van der Waals surface area contributed by atoms with Crippen LogP contribution in [0.25, 0.3) is 106 Å². The molecule has 3 aromatic heterocycles. The molecule has 4 nitrogen and oxygen atoms in total. The lowest BCUT2D eigenvalue weighted by Crippen LogP contribution is -1.96. The van der Waals surface area contributed by atoms with Gasteiger partial charge in [-0.1, -0.05) is 158 Å². The van der Waals surface area contributed by atoms with Gasteiger partial charge in [0.1, 0.15) is 11.2 Å². The van der Waals surface area contributed by atoms with E-state index >= 15 is 0 Å². The molecule has 0 saturated carbocycles. The molecule has 3 heterocycles. The van der Waals surface area contributed by atoms with Crippen molar-refractivity contribution in [2.75, 3.05) is 0 Å². The molecular formula is C52H33N3O. The molecule has 0 aliphatic carbocycles. The average molecular weight is 716 g/mol. The van der Waals surface area contributed by atoms with Crippen molar-refractivity contribution in [3.8, 4) is 61.8 Å². The molecule has 11 rings (SSSR count). The van der Waals surface area contributed by atoms with Crippen LogP contribution in [0.4, 0.5) is 0 Å². The molecule has 56 heavy (non-hydrogen) atoms. The molecule has 0 aliphatic heterocycles. The molecule has 0 bridgehead atoms. The number of benzene rings is 8. The summed E-state index contributed by atoms with van der Waals surface area (Å²) in [6.07, 6.45) is 0. The summed E-state index contributed by atoms with van der Waals surface area (Å²) in [5.74, 6) is 0.703. The van der Waals surface area contributed by atoms with Crippen LogP contribution in [0.2, 0.25) is 0 Å². The van der Waals surface area contributed by atoms with Crippen molar-refractivity contribution in [2.24, 2.45) is 0 Å². The van der Waals surface area contributed by atoms with Gasteiger partial charge in [0.25, 0.3) is 0 Å². The molecule has 4 heteroatoms. The first-order valence-electron chi connectivity index (χ1n) is 18.9. The standard InChI is InChI=1S/C52H33N3O/c1-3-13-35(14-4-1)46-33-47(36-15-5-2-6-16-36)54-52(53-46)37-27-25-34(26-28-37)38-29-30-49-45(32-38)42-19-7-9-23-48(42)55(49)40-18-11-17-39(31-40)41-21-12-22-44-43-20-8-10-24-50(43)56-51(41)44/h1-33H. The number of fused-ring (bicyclic) bond motifs is 6. The summed E-state index contributed by atoms with van der Waals surface area (Å²) < 4.78 is 8.81. The number of hydrogen-bond acceptors (Lipinski definition) is 3. The zero-order chi connectivity index (χ0) is 37.0. The zero-order valence-electron chi connectivity index (χ0n) is 30.3. The Balaban J connectivity index is 0.983. The maximum absolute atomic E-state index is 6.43. The fourth-order valence-corrected chi connectivity index (χ4v) is 8.12. The van der Waals surface area contributed by atoms with Crippen molar-refractivity contribution >= 4 is 43.7 Å². The molecule has 0 amide bonds. The fraction of sp³-hybridized carbons (Fsp3) is 0. The summed E-state index contributed by atoms with van der Waals surface area (Å²) in [4.78, 5) is 10.1. The van der Waals surface area contributed by atoms with Crippen LogP contribution in [-0.2, 0) is 0 Å². The van der Waals surface area contributed by atoms with E-state index in [9.17, 15) is 0 Å². The Kier molecular flexibility index (Phi) is 7.46. The van der Waals surface area contributed by atoms with E-state index in [0.717, 1.165) is 83.5 Å². The first-order valence-corrected chi connectivity index (χ1v) is 18.9. The van der Waals surface area contributed by atoms with Gasteiger partial charge in [-0.05, 0) is 59.2 Å². The summed E-state index contributed by atoms with van der Waals surface area (Å²) in [6.45, 7) is 0. The Morgan fingerprint density at radius 2 is 0.946 bits per heavy atom. The minimum absolute atomic E-state index is 0.703. The van der Waals surface area contributed by atoms with Gasteiger partial charge in [-0.25, -0.2) is 9.97 Å². The molecule has 0 unspecified atom stereocenters. The zero-order valence-corrected chi connectivity index (χ0v) is 30.3. The van der Waals surface area contributed by atoms with E-state index in [4.69, 9.17) is 14.4 Å². The summed E-state index contributed by atoms with van der Waals surface area (Å²) in [5.41, 5.74) is 14.6. The van der Waals surface area contributed by atoms with Crippen LogP contribution in [-0.4, -0.2) is 14.5 Å². The molecule has 0 atom stereocenters. The van der Waals surface area contributed by atoms with Crippen molar-refractivity contribution in [3.63, 3.8) is 0 Å². The van der Waals surface area contributed by atoms with Crippen molar-refractivity contribution in [1.82, 2.24) is 14.5 Å². The van der Waals surface area contributed by atoms with Gasteiger partial charge in [-0.2, -0.15) is 0 Å². The topological polar surface area (TPSA) is 43.9 Å². The molecule has 0 spiro atoms.